The summed E-state index contributed by atoms with van der Waals surface area (Å²) in [6.45, 7) is 0.667. The standard InChI is InChI=1S/C13H14N2OS/c14-11-6-7-13(15-10-11)17-9-8-16-12-4-2-1-3-5-12/h1-7,10H,8-9,14H2. The number of rotatable bonds is 5. The van der Waals surface area contributed by atoms with Crippen LogP contribution in [0.4, 0.5) is 5.69 Å². The van der Waals surface area contributed by atoms with Gasteiger partial charge in [-0.2, -0.15) is 0 Å². The Kier molecular flexibility index (Phi) is 4.27. The average Bonchev–Trinajstić information content (AvgIpc) is 2.38. The number of nitrogens with two attached hydrogens (primary N) is 1. The van der Waals surface area contributed by atoms with Gasteiger partial charge in [0.05, 0.1) is 23.5 Å². The average molecular weight is 246 g/mol. The number of hydrogen-bond donors (Lipinski definition) is 1. The molecule has 0 aliphatic heterocycles. The molecule has 2 rings (SSSR count). The van der Waals surface area contributed by atoms with Gasteiger partial charge >= 0.3 is 0 Å². The van der Waals surface area contributed by atoms with Crippen LogP contribution in [0.5, 0.6) is 5.75 Å². The van der Waals surface area contributed by atoms with Gasteiger partial charge in [0, 0.05) is 5.75 Å². The number of benzene rings is 1. The van der Waals surface area contributed by atoms with Gasteiger partial charge in [-0.3, -0.25) is 0 Å². The van der Waals surface area contributed by atoms with Gasteiger partial charge in [-0.15, -0.1) is 11.8 Å². The number of hydrogen-bond acceptors (Lipinski definition) is 4. The SMILES string of the molecule is Nc1ccc(SCCOc2ccccc2)nc1. The molecule has 0 fully saturated rings. The summed E-state index contributed by atoms with van der Waals surface area (Å²) >= 11 is 1.66. The molecule has 1 aromatic carbocycles. The Morgan fingerprint density at radius 1 is 1.12 bits per heavy atom. The predicted octanol–water partition coefficient (Wildman–Crippen LogP) is 2.83. The molecule has 88 valence electrons. The zero-order valence-electron chi connectivity index (χ0n) is 9.37. The fourth-order valence-corrected chi connectivity index (χ4v) is 1.97. The minimum atomic E-state index is 0.667. The largest absolute Gasteiger partial charge is 0.493 e. The van der Waals surface area contributed by atoms with Gasteiger partial charge in [0.25, 0.3) is 0 Å². The van der Waals surface area contributed by atoms with Crippen LogP contribution in [0.25, 0.3) is 0 Å². The molecular formula is C13H14N2OS. The number of nitrogens with zero attached hydrogens (tertiary/aromatic N) is 1. The van der Waals surface area contributed by atoms with Gasteiger partial charge in [-0.1, -0.05) is 18.2 Å². The van der Waals surface area contributed by atoms with Crippen LogP contribution >= 0.6 is 11.8 Å². The predicted molar refractivity (Wildman–Crippen MR) is 71.3 cm³/mol. The molecule has 17 heavy (non-hydrogen) atoms. The first-order valence-corrected chi connectivity index (χ1v) is 6.35. The van der Waals surface area contributed by atoms with Crippen LogP contribution < -0.4 is 10.5 Å². The first-order chi connectivity index (χ1) is 8.34. The van der Waals surface area contributed by atoms with Gasteiger partial charge in [-0.25, -0.2) is 4.98 Å². The van der Waals surface area contributed by atoms with Crippen molar-refractivity contribution in [3.8, 4) is 5.75 Å². The van der Waals surface area contributed by atoms with E-state index in [1.807, 2.05) is 42.5 Å². The molecule has 0 amide bonds. The van der Waals surface area contributed by atoms with E-state index in [-0.39, 0.29) is 0 Å². The topological polar surface area (TPSA) is 48.1 Å². The van der Waals surface area contributed by atoms with Crippen LogP contribution in [-0.2, 0) is 0 Å². The number of pyridine rings is 1. The molecule has 0 radical (unpaired) electrons. The summed E-state index contributed by atoms with van der Waals surface area (Å²) in [7, 11) is 0. The number of para-hydroxylation sites is 1. The second-order valence-electron chi connectivity index (χ2n) is 3.44. The smallest absolute Gasteiger partial charge is 0.119 e. The molecule has 0 unspecified atom stereocenters. The molecule has 2 aromatic rings. The lowest BCUT2D eigenvalue weighted by molar-refractivity contribution is 0.344. The van der Waals surface area contributed by atoms with E-state index in [2.05, 4.69) is 4.98 Å². The summed E-state index contributed by atoms with van der Waals surface area (Å²) < 4.78 is 5.58. The number of ether oxygens (including phenoxy) is 1. The molecule has 4 heteroatoms. The number of aromatic nitrogens is 1. The van der Waals surface area contributed by atoms with Crippen LogP contribution in [-0.4, -0.2) is 17.3 Å². The van der Waals surface area contributed by atoms with Gasteiger partial charge in [-0.05, 0) is 24.3 Å². The van der Waals surface area contributed by atoms with E-state index in [0.717, 1.165) is 16.5 Å². The minimum absolute atomic E-state index is 0.667. The van der Waals surface area contributed by atoms with Crippen molar-refractivity contribution in [3.63, 3.8) is 0 Å². The maximum Gasteiger partial charge on any atom is 0.119 e. The molecule has 0 spiro atoms. The maximum atomic E-state index is 5.58. The quantitative estimate of drug-likeness (QED) is 0.651. The Labute approximate surface area is 105 Å². The van der Waals surface area contributed by atoms with Crippen molar-refractivity contribution in [2.75, 3.05) is 18.1 Å². The second-order valence-corrected chi connectivity index (χ2v) is 4.55. The van der Waals surface area contributed by atoms with Gasteiger partial charge in [0.1, 0.15) is 5.75 Å². The third-order valence-electron chi connectivity index (χ3n) is 2.10. The van der Waals surface area contributed by atoms with Gasteiger partial charge in [0.15, 0.2) is 0 Å². The molecule has 1 heterocycles. The number of anilines is 1. The Balaban J connectivity index is 1.71. The van der Waals surface area contributed by atoms with E-state index in [0.29, 0.717) is 12.3 Å². The first kappa shape index (κ1) is 11.8. The Hall–Kier alpha value is -1.68. The molecule has 0 atom stereocenters. The number of nitrogen functional groups attached to an aromatic ring is 1. The normalized spacial score (nSPS) is 10.1. The van der Waals surface area contributed by atoms with Crippen molar-refractivity contribution in [1.29, 1.82) is 0 Å². The monoisotopic (exact) mass is 246 g/mol. The molecule has 0 saturated heterocycles. The third kappa shape index (κ3) is 4.00. The van der Waals surface area contributed by atoms with E-state index >= 15 is 0 Å². The van der Waals surface area contributed by atoms with E-state index in [1.54, 1.807) is 18.0 Å². The summed E-state index contributed by atoms with van der Waals surface area (Å²) in [6, 6.07) is 13.6. The van der Waals surface area contributed by atoms with E-state index in [4.69, 9.17) is 10.5 Å². The fourth-order valence-electron chi connectivity index (χ4n) is 1.30. The van der Waals surface area contributed by atoms with Crippen molar-refractivity contribution in [3.05, 3.63) is 48.7 Å². The summed E-state index contributed by atoms with van der Waals surface area (Å²) in [5.41, 5.74) is 6.25. The molecule has 0 aliphatic carbocycles. The highest BCUT2D eigenvalue weighted by Crippen LogP contribution is 2.16. The Morgan fingerprint density at radius 2 is 1.94 bits per heavy atom. The first-order valence-electron chi connectivity index (χ1n) is 5.37. The Morgan fingerprint density at radius 3 is 2.65 bits per heavy atom. The summed E-state index contributed by atoms with van der Waals surface area (Å²) in [5, 5.41) is 0.968. The minimum Gasteiger partial charge on any atom is -0.493 e. The van der Waals surface area contributed by atoms with Crippen molar-refractivity contribution in [2.45, 2.75) is 5.03 Å². The van der Waals surface area contributed by atoms with Crippen LogP contribution in [0.1, 0.15) is 0 Å². The molecular weight excluding hydrogens is 232 g/mol. The molecule has 0 bridgehead atoms. The highest BCUT2D eigenvalue weighted by molar-refractivity contribution is 7.99. The second kappa shape index (κ2) is 6.15. The summed E-state index contributed by atoms with van der Waals surface area (Å²) in [4.78, 5) is 4.21. The zero-order valence-corrected chi connectivity index (χ0v) is 10.2. The van der Waals surface area contributed by atoms with Crippen LogP contribution in [0.15, 0.2) is 53.7 Å². The number of thioether (sulfide) groups is 1. The van der Waals surface area contributed by atoms with E-state index in [1.165, 1.54) is 0 Å². The van der Waals surface area contributed by atoms with Gasteiger partial charge < -0.3 is 10.5 Å². The zero-order chi connectivity index (χ0) is 11.9. The van der Waals surface area contributed by atoms with Crippen LogP contribution in [0.2, 0.25) is 0 Å². The van der Waals surface area contributed by atoms with Crippen LogP contribution in [0.3, 0.4) is 0 Å². The lowest BCUT2D eigenvalue weighted by Crippen LogP contribution is -2.00. The molecule has 1 aromatic heterocycles. The van der Waals surface area contributed by atoms with Crippen molar-refractivity contribution >= 4 is 17.4 Å². The third-order valence-corrected chi connectivity index (χ3v) is 3.01. The highest BCUT2D eigenvalue weighted by Gasteiger charge is 1.96. The lowest BCUT2D eigenvalue weighted by Gasteiger charge is -2.05. The van der Waals surface area contributed by atoms with Crippen LogP contribution in [0, 0.1) is 0 Å². The summed E-state index contributed by atoms with van der Waals surface area (Å²) in [6.07, 6.45) is 1.67. The van der Waals surface area contributed by atoms with Gasteiger partial charge in [0.2, 0.25) is 0 Å². The summed E-state index contributed by atoms with van der Waals surface area (Å²) in [5.74, 6) is 1.77. The van der Waals surface area contributed by atoms with Crippen molar-refractivity contribution in [2.24, 2.45) is 0 Å². The maximum absolute atomic E-state index is 5.58. The molecule has 3 nitrogen and oxygen atoms in total. The highest BCUT2D eigenvalue weighted by atomic mass is 32.2. The van der Waals surface area contributed by atoms with E-state index < -0.39 is 0 Å². The van der Waals surface area contributed by atoms with Crippen molar-refractivity contribution < 1.29 is 4.74 Å². The molecule has 0 aliphatic rings. The van der Waals surface area contributed by atoms with Crippen molar-refractivity contribution in [1.82, 2.24) is 4.98 Å². The lowest BCUT2D eigenvalue weighted by atomic mass is 10.3. The van der Waals surface area contributed by atoms with E-state index in [9.17, 15) is 0 Å². The molecule has 2 N–H and O–H groups in total. The fraction of sp³-hybridized carbons (Fsp3) is 0.154. The Bertz CT molecular complexity index is 445. The molecule has 0 saturated carbocycles.